The quantitative estimate of drug-likeness (QED) is 0.373. The Morgan fingerprint density at radius 1 is 0.714 bits per heavy atom. The summed E-state index contributed by atoms with van der Waals surface area (Å²) < 4.78 is 1.38. The minimum Gasteiger partial charge on any atom is -0.143 e. The van der Waals surface area contributed by atoms with Crippen molar-refractivity contribution in [3.63, 3.8) is 0 Å². The minimum absolute atomic E-state index is 1.37. The molecule has 0 unspecified atom stereocenters. The predicted octanol–water partition coefficient (Wildman–Crippen LogP) is 6.98. The summed E-state index contributed by atoms with van der Waals surface area (Å²) >= 11 is 5.62. The Balaban J connectivity index is 2.12. The van der Waals surface area contributed by atoms with Gasteiger partial charge in [0, 0.05) is 25.4 Å². The van der Waals surface area contributed by atoms with Crippen molar-refractivity contribution in [2.75, 3.05) is 0 Å². The van der Waals surface area contributed by atoms with E-state index < -0.39 is 0 Å². The summed E-state index contributed by atoms with van der Waals surface area (Å²) in [7, 11) is 0. The Labute approximate surface area is 136 Å². The van der Waals surface area contributed by atoms with Gasteiger partial charge in [0.05, 0.1) is 4.88 Å². The lowest BCUT2D eigenvalue weighted by Gasteiger charge is -2.04. The van der Waals surface area contributed by atoms with E-state index in [1.165, 1.54) is 41.4 Å². The van der Waals surface area contributed by atoms with E-state index >= 15 is 0 Å². The Bertz CT molecular complexity index is 921. The third-order valence-electron chi connectivity index (χ3n) is 3.75. The number of fused-ring (bicyclic) bond motifs is 1. The second kappa shape index (κ2) is 5.09. The molecule has 0 fully saturated rings. The first-order chi connectivity index (χ1) is 10.3. The lowest BCUT2D eigenvalue weighted by molar-refractivity contribution is 1.54. The smallest absolute Gasteiger partial charge is 0.0544 e. The van der Waals surface area contributed by atoms with E-state index in [0.29, 0.717) is 0 Å². The highest BCUT2D eigenvalue weighted by Crippen LogP contribution is 2.49. The Morgan fingerprint density at radius 3 is 2.05 bits per heavy atom. The average Bonchev–Trinajstić information content (AvgIpc) is 3.16. The molecule has 0 aliphatic carbocycles. The molecule has 104 valence electrons. The van der Waals surface area contributed by atoms with Crippen molar-refractivity contribution in [3.8, 4) is 20.2 Å². The van der Waals surface area contributed by atoms with E-state index in [1.807, 2.05) is 34.0 Å². The molecule has 0 N–H and O–H groups in total. The highest BCUT2D eigenvalue weighted by Gasteiger charge is 2.19. The fraction of sp³-hybridized carbons (Fsp3) is 0.111. The number of benzene rings is 1. The first kappa shape index (κ1) is 13.3. The number of thiophene rings is 3. The van der Waals surface area contributed by atoms with Crippen LogP contribution in [-0.2, 0) is 0 Å². The maximum atomic E-state index is 2.26. The van der Waals surface area contributed by atoms with E-state index in [9.17, 15) is 0 Å². The molecule has 0 aliphatic rings. The van der Waals surface area contributed by atoms with Crippen LogP contribution in [0.25, 0.3) is 30.3 Å². The van der Waals surface area contributed by atoms with Gasteiger partial charge in [0.15, 0.2) is 0 Å². The van der Waals surface area contributed by atoms with Crippen LogP contribution in [0.1, 0.15) is 11.1 Å². The molecule has 0 atom stereocenters. The van der Waals surface area contributed by atoms with E-state index in [0.717, 1.165) is 0 Å². The minimum atomic E-state index is 1.37. The molecule has 0 saturated heterocycles. The Morgan fingerprint density at radius 2 is 1.38 bits per heavy atom. The number of aryl methyl sites for hydroxylation is 2. The lowest BCUT2D eigenvalue weighted by atomic mass is 10.0. The molecule has 3 heteroatoms. The predicted molar refractivity (Wildman–Crippen MR) is 97.9 cm³/mol. The molecule has 3 heterocycles. The van der Waals surface area contributed by atoms with Crippen LogP contribution in [0.2, 0.25) is 0 Å². The third-order valence-corrected chi connectivity index (χ3v) is 7.14. The molecule has 3 aromatic heterocycles. The fourth-order valence-electron chi connectivity index (χ4n) is 2.66. The van der Waals surface area contributed by atoms with Crippen LogP contribution in [0.15, 0.2) is 47.2 Å². The summed E-state index contributed by atoms with van der Waals surface area (Å²) in [5.41, 5.74) is 4.18. The van der Waals surface area contributed by atoms with Gasteiger partial charge in [-0.2, -0.15) is 0 Å². The van der Waals surface area contributed by atoms with Crippen molar-refractivity contribution in [1.82, 2.24) is 0 Å². The summed E-state index contributed by atoms with van der Waals surface area (Å²) in [4.78, 5) is 4.25. The first-order valence-electron chi connectivity index (χ1n) is 6.86. The van der Waals surface area contributed by atoms with Gasteiger partial charge in [0.1, 0.15) is 0 Å². The second-order valence-electron chi connectivity index (χ2n) is 5.17. The molecule has 4 rings (SSSR count). The van der Waals surface area contributed by atoms with E-state index in [2.05, 4.69) is 61.0 Å². The summed E-state index contributed by atoms with van der Waals surface area (Å²) in [5, 5.41) is 5.78. The topological polar surface area (TPSA) is 0 Å². The highest BCUT2D eigenvalue weighted by atomic mass is 32.1. The average molecular weight is 327 g/mol. The molecular weight excluding hydrogens is 312 g/mol. The monoisotopic (exact) mass is 326 g/mol. The van der Waals surface area contributed by atoms with Crippen molar-refractivity contribution in [2.45, 2.75) is 13.8 Å². The molecule has 4 aromatic rings. The standard InChI is InChI=1S/C18H14S3/c1-11-7-9-19-16(11)15-13-5-3-4-6-14(13)21-18(15)17-12(2)8-10-20-17/h3-10H,1-2H3. The van der Waals surface area contributed by atoms with Crippen LogP contribution in [0.3, 0.4) is 0 Å². The fourth-order valence-corrected chi connectivity index (χ4v) is 6.08. The van der Waals surface area contributed by atoms with Crippen LogP contribution in [0, 0.1) is 13.8 Å². The molecule has 0 nitrogen and oxygen atoms in total. The summed E-state index contributed by atoms with van der Waals surface area (Å²) in [6, 6.07) is 13.2. The van der Waals surface area contributed by atoms with Crippen molar-refractivity contribution in [1.29, 1.82) is 0 Å². The molecule has 0 radical (unpaired) electrons. The van der Waals surface area contributed by atoms with Gasteiger partial charge in [-0.15, -0.1) is 34.0 Å². The lowest BCUT2D eigenvalue weighted by Crippen LogP contribution is -1.79. The van der Waals surface area contributed by atoms with Crippen LogP contribution < -0.4 is 0 Å². The van der Waals surface area contributed by atoms with Gasteiger partial charge in [-0.3, -0.25) is 0 Å². The summed E-state index contributed by atoms with van der Waals surface area (Å²) in [6.45, 7) is 4.42. The van der Waals surface area contributed by atoms with E-state index in [4.69, 9.17) is 0 Å². The van der Waals surface area contributed by atoms with E-state index in [-0.39, 0.29) is 0 Å². The molecule has 0 spiro atoms. The van der Waals surface area contributed by atoms with Crippen LogP contribution >= 0.6 is 34.0 Å². The largest absolute Gasteiger partial charge is 0.143 e. The molecule has 0 amide bonds. The van der Waals surface area contributed by atoms with Gasteiger partial charge >= 0.3 is 0 Å². The second-order valence-corrected chi connectivity index (χ2v) is 8.05. The van der Waals surface area contributed by atoms with Crippen molar-refractivity contribution in [3.05, 3.63) is 58.3 Å². The van der Waals surface area contributed by atoms with Gasteiger partial charge in [-0.05, 0) is 53.9 Å². The Kier molecular flexibility index (Phi) is 3.21. The van der Waals surface area contributed by atoms with Crippen molar-refractivity contribution < 1.29 is 0 Å². The molecule has 0 aliphatic heterocycles. The molecule has 0 saturated carbocycles. The maximum Gasteiger partial charge on any atom is 0.0544 e. The number of hydrogen-bond acceptors (Lipinski definition) is 3. The Hall–Kier alpha value is -1.42. The SMILES string of the molecule is Cc1ccsc1-c1sc2ccccc2c1-c1sccc1C. The number of rotatable bonds is 2. The van der Waals surface area contributed by atoms with Gasteiger partial charge < -0.3 is 0 Å². The van der Waals surface area contributed by atoms with E-state index in [1.54, 1.807) is 0 Å². The zero-order valence-corrected chi connectivity index (χ0v) is 14.3. The van der Waals surface area contributed by atoms with Crippen LogP contribution in [0.4, 0.5) is 0 Å². The normalized spacial score (nSPS) is 11.3. The molecule has 1 aromatic carbocycles. The summed E-state index contributed by atoms with van der Waals surface area (Å²) in [6.07, 6.45) is 0. The maximum absolute atomic E-state index is 2.26. The summed E-state index contributed by atoms with van der Waals surface area (Å²) in [5.74, 6) is 0. The van der Waals surface area contributed by atoms with Gasteiger partial charge in [-0.25, -0.2) is 0 Å². The van der Waals surface area contributed by atoms with Crippen LogP contribution in [-0.4, -0.2) is 0 Å². The van der Waals surface area contributed by atoms with Gasteiger partial charge in [0.2, 0.25) is 0 Å². The number of hydrogen-bond donors (Lipinski definition) is 0. The van der Waals surface area contributed by atoms with Crippen LogP contribution in [0.5, 0.6) is 0 Å². The zero-order chi connectivity index (χ0) is 14.4. The van der Waals surface area contributed by atoms with Crippen molar-refractivity contribution >= 4 is 44.1 Å². The van der Waals surface area contributed by atoms with Gasteiger partial charge in [-0.1, -0.05) is 18.2 Å². The molecule has 0 bridgehead atoms. The van der Waals surface area contributed by atoms with Gasteiger partial charge in [0.25, 0.3) is 0 Å². The first-order valence-corrected chi connectivity index (χ1v) is 9.44. The van der Waals surface area contributed by atoms with Crippen molar-refractivity contribution in [2.24, 2.45) is 0 Å². The highest BCUT2D eigenvalue weighted by molar-refractivity contribution is 7.27. The zero-order valence-electron chi connectivity index (χ0n) is 11.8. The molecule has 21 heavy (non-hydrogen) atoms. The molecular formula is C18H14S3. The third kappa shape index (κ3) is 2.08.